The summed E-state index contributed by atoms with van der Waals surface area (Å²) < 4.78 is 38.8. The normalized spacial score (nSPS) is 11.7. The smallest absolute Gasteiger partial charge is 0.338 e. The Labute approximate surface area is 146 Å². The highest BCUT2D eigenvalue weighted by Gasteiger charge is 2.30. The molecule has 2 heterocycles. The molecule has 0 radical (unpaired) electrons. The molecular formula is C19H13F3N4. The number of para-hydroxylation sites is 1. The fourth-order valence-corrected chi connectivity index (χ4v) is 2.66. The van der Waals surface area contributed by atoms with Crippen molar-refractivity contribution in [1.82, 2.24) is 15.0 Å². The van der Waals surface area contributed by atoms with E-state index >= 15 is 0 Å². The third-order valence-corrected chi connectivity index (χ3v) is 3.90. The zero-order valence-corrected chi connectivity index (χ0v) is 13.4. The molecule has 2 aromatic heterocycles. The number of imidazole rings is 1. The standard InChI is InChI=1S/C19H13F3N4/c20-19(21,22)13-6-4-5-12(11-13)17-25-15-9-10-23-18(16(15)26-17)24-14-7-2-1-3-8-14/h1-11H,(H,23,24)(H,25,26). The highest BCUT2D eigenvalue weighted by Crippen LogP contribution is 2.32. The van der Waals surface area contributed by atoms with Crippen LogP contribution in [0.25, 0.3) is 22.4 Å². The number of H-pyrrole nitrogens is 1. The Morgan fingerprint density at radius 1 is 0.923 bits per heavy atom. The number of hydrogen-bond acceptors (Lipinski definition) is 3. The zero-order valence-electron chi connectivity index (χ0n) is 13.4. The largest absolute Gasteiger partial charge is 0.416 e. The zero-order chi connectivity index (χ0) is 18.1. The van der Waals surface area contributed by atoms with Crippen LogP contribution in [0.4, 0.5) is 24.7 Å². The van der Waals surface area contributed by atoms with Crippen LogP contribution in [0, 0.1) is 0 Å². The van der Waals surface area contributed by atoms with Crippen molar-refractivity contribution in [2.75, 3.05) is 5.32 Å². The third-order valence-electron chi connectivity index (χ3n) is 3.90. The van der Waals surface area contributed by atoms with Crippen molar-refractivity contribution >= 4 is 22.5 Å². The van der Waals surface area contributed by atoms with Gasteiger partial charge in [-0.2, -0.15) is 13.2 Å². The van der Waals surface area contributed by atoms with Crippen LogP contribution in [-0.4, -0.2) is 15.0 Å². The van der Waals surface area contributed by atoms with E-state index in [2.05, 4.69) is 20.3 Å². The Morgan fingerprint density at radius 3 is 2.50 bits per heavy atom. The molecule has 0 aliphatic heterocycles. The lowest BCUT2D eigenvalue weighted by atomic mass is 10.1. The molecule has 2 N–H and O–H groups in total. The van der Waals surface area contributed by atoms with Crippen LogP contribution >= 0.6 is 0 Å². The summed E-state index contributed by atoms with van der Waals surface area (Å²) in [4.78, 5) is 11.8. The van der Waals surface area contributed by atoms with Crippen LogP contribution < -0.4 is 5.32 Å². The van der Waals surface area contributed by atoms with Crippen LogP contribution in [0.5, 0.6) is 0 Å². The highest BCUT2D eigenvalue weighted by atomic mass is 19.4. The molecule has 4 rings (SSSR count). The third kappa shape index (κ3) is 3.11. The molecule has 0 saturated carbocycles. The number of aromatic nitrogens is 3. The van der Waals surface area contributed by atoms with Crippen molar-refractivity contribution < 1.29 is 13.2 Å². The summed E-state index contributed by atoms with van der Waals surface area (Å²) in [6, 6.07) is 16.3. The minimum atomic E-state index is -4.40. The van der Waals surface area contributed by atoms with Gasteiger partial charge in [-0.1, -0.05) is 30.3 Å². The minimum absolute atomic E-state index is 0.357. The van der Waals surface area contributed by atoms with Gasteiger partial charge in [-0.15, -0.1) is 0 Å². The number of anilines is 2. The molecule has 0 bridgehead atoms. The molecule has 0 aliphatic rings. The fourth-order valence-electron chi connectivity index (χ4n) is 2.66. The molecule has 0 unspecified atom stereocenters. The Morgan fingerprint density at radius 2 is 1.73 bits per heavy atom. The summed E-state index contributed by atoms with van der Waals surface area (Å²) in [6.45, 7) is 0. The van der Waals surface area contributed by atoms with Crippen LogP contribution in [0.2, 0.25) is 0 Å². The number of pyridine rings is 1. The molecule has 7 heteroatoms. The van der Waals surface area contributed by atoms with E-state index in [0.717, 1.165) is 17.8 Å². The molecular weight excluding hydrogens is 341 g/mol. The lowest BCUT2D eigenvalue weighted by Gasteiger charge is -2.07. The monoisotopic (exact) mass is 354 g/mol. The summed E-state index contributed by atoms with van der Waals surface area (Å²) in [5, 5.41) is 3.17. The van der Waals surface area contributed by atoms with E-state index in [1.807, 2.05) is 30.3 Å². The number of halogens is 3. The van der Waals surface area contributed by atoms with E-state index in [4.69, 9.17) is 0 Å². The summed E-state index contributed by atoms with van der Waals surface area (Å²) in [5.41, 5.74) is 1.74. The topological polar surface area (TPSA) is 53.6 Å². The maximum absolute atomic E-state index is 12.9. The molecule has 130 valence electrons. The van der Waals surface area contributed by atoms with Gasteiger partial charge in [-0.25, -0.2) is 9.97 Å². The molecule has 0 aliphatic carbocycles. The molecule has 26 heavy (non-hydrogen) atoms. The van der Waals surface area contributed by atoms with Crippen LogP contribution in [-0.2, 0) is 6.18 Å². The molecule has 4 aromatic rings. The van der Waals surface area contributed by atoms with Gasteiger partial charge in [0.2, 0.25) is 0 Å². The molecule has 0 amide bonds. The second-order valence-corrected chi connectivity index (χ2v) is 5.71. The number of aromatic amines is 1. The second kappa shape index (κ2) is 6.18. The predicted octanol–water partition coefficient (Wildman–Crippen LogP) is 5.39. The number of nitrogens with one attached hydrogen (secondary N) is 2. The van der Waals surface area contributed by atoms with E-state index in [9.17, 15) is 13.2 Å². The van der Waals surface area contributed by atoms with E-state index in [-0.39, 0.29) is 0 Å². The summed E-state index contributed by atoms with van der Waals surface area (Å²) in [5.74, 6) is 0.887. The summed E-state index contributed by atoms with van der Waals surface area (Å²) >= 11 is 0. The molecule has 4 nitrogen and oxygen atoms in total. The minimum Gasteiger partial charge on any atom is -0.338 e. The van der Waals surface area contributed by atoms with Crippen LogP contribution in [0.1, 0.15) is 5.56 Å². The number of alkyl halides is 3. The van der Waals surface area contributed by atoms with E-state index in [1.54, 1.807) is 18.3 Å². The molecule has 2 aromatic carbocycles. The SMILES string of the molecule is FC(F)(F)c1cccc(-c2nc3c(Nc4ccccc4)nccc3[nH]2)c1. The Kier molecular flexibility index (Phi) is 3.84. The Bertz CT molecular complexity index is 1060. The molecule has 0 saturated heterocycles. The number of rotatable bonds is 3. The number of nitrogens with zero attached hydrogens (tertiary/aromatic N) is 2. The number of fused-ring (bicyclic) bond motifs is 1. The number of hydrogen-bond donors (Lipinski definition) is 2. The molecule has 0 fully saturated rings. The quantitative estimate of drug-likeness (QED) is 0.519. The Hall–Kier alpha value is -3.35. The van der Waals surface area contributed by atoms with Crippen LogP contribution in [0.15, 0.2) is 66.9 Å². The maximum Gasteiger partial charge on any atom is 0.416 e. The van der Waals surface area contributed by atoms with Gasteiger partial charge in [0.15, 0.2) is 5.82 Å². The van der Waals surface area contributed by atoms with Gasteiger partial charge < -0.3 is 10.3 Å². The van der Waals surface area contributed by atoms with Gasteiger partial charge in [-0.3, -0.25) is 0 Å². The van der Waals surface area contributed by atoms with Gasteiger partial charge in [0, 0.05) is 17.4 Å². The fraction of sp³-hybridized carbons (Fsp3) is 0.0526. The van der Waals surface area contributed by atoms with E-state index in [1.165, 1.54) is 6.07 Å². The molecule has 0 atom stereocenters. The summed E-state index contributed by atoms with van der Waals surface area (Å²) in [6.07, 6.45) is -2.79. The maximum atomic E-state index is 12.9. The van der Waals surface area contributed by atoms with Gasteiger partial charge in [0.25, 0.3) is 0 Å². The van der Waals surface area contributed by atoms with Crippen molar-refractivity contribution in [1.29, 1.82) is 0 Å². The van der Waals surface area contributed by atoms with Crippen molar-refractivity contribution in [3.63, 3.8) is 0 Å². The van der Waals surface area contributed by atoms with Crippen molar-refractivity contribution in [2.45, 2.75) is 6.18 Å². The first-order chi connectivity index (χ1) is 12.5. The second-order valence-electron chi connectivity index (χ2n) is 5.71. The van der Waals surface area contributed by atoms with E-state index < -0.39 is 11.7 Å². The van der Waals surface area contributed by atoms with Gasteiger partial charge in [-0.05, 0) is 30.3 Å². The van der Waals surface area contributed by atoms with Crippen molar-refractivity contribution in [3.05, 3.63) is 72.4 Å². The van der Waals surface area contributed by atoms with Gasteiger partial charge in [0.05, 0.1) is 11.1 Å². The average molecular weight is 354 g/mol. The highest BCUT2D eigenvalue weighted by molar-refractivity contribution is 5.89. The number of benzene rings is 2. The van der Waals surface area contributed by atoms with E-state index in [0.29, 0.717) is 28.2 Å². The first-order valence-electron chi connectivity index (χ1n) is 7.85. The van der Waals surface area contributed by atoms with Crippen molar-refractivity contribution in [3.8, 4) is 11.4 Å². The Balaban J connectivity index is 1.76. The van der Waals surface area contributed by atoms with Crippen LogP contribution in [0.3, 0.4) is 0 Å². The van der Waals surface area contributed by atoms with Gasteiger partial charge >= 0.3 is 6.18 Å². The first kappa shape index (κ1) is 16.1. The predicted molar refractivity (Wildman–Crippen MR) is 94.1 cm³/mol. The lowest BCUT2D eigenvalue weighted by molar-refractivity contribution is -0.137. The average Bonchev–Trinajstić information content (AvgIpc) is 3.07. The molecule has 0 spiro atoms. The summed E-state index contributed by atoms with van der Waals surface area (Å²) in [7, 11) is 0. The van der Waals surface area contributed by atoms with Gasteiger partial charge in [0.1, 0.15) is 11.3 Å². The van der Waals surface area contributed by atoms with Crippen molar-refractivity contribution in [2.24, 2.45) is 0 Å². The first-order valence-corrected chi connectivity index (χ1v) is 7.85. The lowest BCUT2D eigenvalue weighted by Crippen LogP contribution is -2.04.